The lowest BCUT2D eigenvalue weighted by Gasteiger charge is -2.09. The number of halogens is 3. The molecule has 0 heterocycles. The lowest BCUT2D eigenvalue weighted by atomic mass is 10.1. The summed E-state index contributed by atoms with van der Waals surface area (Å²) >= 11 is 0. The third-order valence-corrected chi connectivity index (χ3v) is 2.54. The molecule has 1 aromatic carbocycles. The van der Waals surface area contributed by atoms with Crippen LogP contribution in [0.1, 0.15) is 18.1 Å². The lowest BCUT2D eigenvalue weighted by molar-refractivity contribution is -0.139. The molecule has 0 amide bonds. The second kappa shape index (κ2) is 7.48. The first kappa shape index (κ1) is 17.5. The summed E-state index contributed by atoms with van der Waals surface area (Å²) in [4.78, 5) is 11.3. The molecule has 22 heavy (non-hydrogen) atoms. The maximum Gasteiger partial charge on any atom is 0.416 e. The number of hydrazone groups is 1. The van der Waals surface area contributed by atoms with Crippen molar-refractivity contribution in [2.75, 3.05) is 13.2 Å². The van der Waals surface area contributed by atoms with E-state index in [-0.39, 0.29) is 30.1 Å². The number of rotatable bonds is 6. The monoisotopic (exact) mass is 315 g/mol. The fraction of sp³-hybridized carbons (Fsp3) is 0.286. The molecule has 8 heteroatoms. The molecule has 3 N–H and O–H groups in total. The molecule has 0 radical (unpaired) electrons. The molecule has 0 aliphatic heterocycles. The number of benzene rings is 1. The molecule has 0 saturated heterocycles. The maximum absolute atomic E-state index is 12.6. The smallest absolute Gasteiger partial charge is 0.416 e. The zero-order valence-corrected chi connectivity index (χ0v) is 11.9. The molecule has 0 aliphatic rings. The van der Waals surface area contributed by atoms with Gasteiger partial charge in [-0.25, -0.2) is 4.79 Å². The topological polar surface area (TPSA) is 76.7 Å². The number of nitrogens with zero attached hydrogens (tertiary/aromatic N) is 1. The number of ether oxygens (including phenoxy) is 1. The molecule has 0 unspecified atom stereocenters. The Hall–Kier alpha value is -2.51. The van der Waals surface area contributed by atoms with Crippen molar-refractivity contribution in [2.24, 2.45) is 10.8 Å². The molecule has 0 aliphatic carbocycles. The maximum atomic E-state index is 12.6. The number of esters is 1. The number of alkyl halides is 3. The predicted octanol–water partition coefficient (Wildman–Crippen LogP) is 2.03. The van der Waals surface area contributed by atoms with Crippen LogP contribution in [0.4, 0.5) is 13.2 Å². The van der Waals surface area contributed by atoms with E-state index in [1.165, 1.54) is 12.1 Å². The minimum absolute atomic E-state index is 0.0293. The number of hydrogen-bond donors (Lipinski definition) is 2. The highest BCUT2D eigenvalue weighted by Crippen LogP contribution is 2.29. The van der Waals surface area contributed by atoms with Crippen molar-refractivity contribution in [2.45, 2.75) is 13.1 Å². The molecule has 120 valence electrons. The van der Waals surface area contributed by atoms with Gasteiger partial charge in [-0.3, -0.25) is 0 Å². The van der Waals surface area contributed by atoms with Crippen molar-refractivity contribution in [3.05, 3.63) is 47.5 Å². The largest absolute Gasteiger partial charge is 0.463 e. The molecule has 0 fully saturated rings. The number of nitrogens with one attached hydrogen (secondary N) is 1. The minimum Gasteiger partial charge on any atom is -0.463 e. The van der Waals surface area contributed by atoms with Crippen LogP contribution in [0.5, 0.6) is 0 Å². The van der Waals surface area contributed by atoms with Gasteiger partial charge in [-0.2, -0.15) is 18.3 Å². The summed E-state index contributed by atoms with van der Waals surface area (Å²) in [6.45, 7) is 5.33. The summed E-state index contributed by atoms with van der Waals surface area (Å²) in [5.41, 5.74) is 7.49. The first-order chi connectivity index (χ1) is 10.3. The van der Waals surface area contributed by atoms with Crippen molar-refractivity contribution >= 4 is 11.8 Å². The minimum atomic E-state index is -4.46. The van der Waals surface area contributed by atoms with Crippen LogP contribution in [0.25, 0.3) is 0 Å². The predicted molar refractivity (Wildman–Crippen MR) is 75.9 cm³/mol. The molecule has 0 bridgehead atoms. The summed E-state index contributed by atoms with van der Waals surface area (Å²) < 4.78 is 42.5. The van der Waals surface area contributed by atoms with E-state index in [9.17, 15) is 18.0 Å². The average Bonchev–Trinajstić information content (AvgIpc) is 2.46. The van der Waals surface area contributed by atoms with Crippen LogP contribution < -0.4 is 11.2 Å². The third-order valence-electron chi connectivity index (χ3n) is 2.54. The van der Waals surface area contributed by atoms with Gasteiger partial charge in [-0.1, -0.05) is 18.7 Å². The molecule has 0 atom stereocenters. The number of amidine groups is 1. The quantitative estimate of drug-likeness (QED) is 0.277. The molecule has 0 spiro atoms. The standard InChI is InChI=1S/C14H16F3N3O2/c1-3-22-13(21)9(2)8-19-20-12(18)10-5-4-6-11(7-10)14(15,16)17/h4-7,19H,2-3,8H2,1H3,(H2,18,20). The van der Waals surface area contributed by atoms with Gasteiger partial charge in [0.15, 0.2) is 5.84 Å². The van der Waals surface area contributed by atoms with E-state index in [1.807, 2.05) is 0 Å². The highest BCUT2D eigenvalue weighted by atomic mass is 19.4. The van der Waals surface area contributed by atoms with Crippen LogP contribution >= 0.6 is 0 Å². The Morgan fingerprint density at radius 2 is 2.14 bits per heavy atom. The van der Waals surface area contributed by atoms with Gasteiger partial charge in [-0.15, -0.1) is 0 Å². The molecular formula is C14H16F3N3O2. The molecule has 1 rings (SSSR count). The van der Waals surface area contributed by atoms with Crippen molar-refractivity contribution in [1.29, 1.82) is 0 Å². The van der Waals surface area contributed by atoms with Gasteiger partial charge in [0.05, 0.1) is 24.3 Å². The van der Waals surface area contributed by atoms with Gasteiger partial charge in [0, 0.05) is 5.56 Å². The van der Waals surface area contributed by atoms with Crippen LogP contribution in [0, 0.1) is 0 Å². The normalized spacial score (nSPS) is 11.9. The van der Waals surface area contributed by atoms with Crippen molar-refractivity contribution < 1.29 is 22.7 Å². The van der Waals surface area contributed by atoms with Crippen LogP contribution in [0.2, 0.25) is 0 Å². The van der Waals surface area contributed by atoms with E-state index in [1.54, 1.807) is 6.92 Å². The van der Waals surface area contributed by atoms with Gasteiger partial charge in [-0.05, 0) is 19.1 Å². The Morgan fingerprint density at radius 3 is 2.73 bits per heavy atom. The van der Waals surface area contributed by atoms with E-state index in [0.717, 1.165) is 12.1 Å². The second-order valence-corrected chi connectivity index (χ2v) is 4.23. The number of hydrogen-bond acceptors (Lipinski definition) is 4. The van der Waals surface area contributed by atoms with Crippen LogP contribution in [0.3, 0.4) is 0 Å². The summed E-state index contributed by atoms with van der Waals surface area (Å²) in [6.07, 6.45) is -4.46. The first-order valence-corrected chi connectivity index (χ1v) is 6.34. The number of nitrogens with two attached hydrogens (primary N) is 1. The van der Waals surface area contributed by atoms with Crippen LogP contribution in [-0.4, -0.2) is 25.0 Å². The van der Waals surface area contributed by atoms with E-state index in [2.05, 4.69) is 17.1 Å². The van der Waals surface area contributed by atoms with Gasteiger partial charge in [0.25, 0.3) is 0 Å². The fourth-order valence-electron chi connectivity index (χ4n) is 1.44. The Labute approximate surface area is 125 Å². The van der Waals surface area contributed by atoms with Crippen molar-refractivity contribution in [1.82, 2.24) is 5.43 Å². The zero-order chi connectivity index (χ0) is 16.8. The summed E-state index contributed by atoms with van der Waals surface area (Å²) in [5, 5.41) is 3.71. The molecule has 0 aromatic heterocycles. The Bertz CT molecular complexity index is 583. The Kier molecular flexibility index (Phi) is 5.97. The highest BCUT2D eigenvalue weighted by Gasteiger charge is 2.30. The first-order valence-electron chi connectivity index (χ1n) is 6.34. The number of carbonyl (C=O) groups excluding carboxylic acids is 1. The van der Waals surface area contributed by atoms with Gasteiger partial charge < -0.3 is 15.9 Å². The summed E-state index contributed by atoms with van der Waals surface area (Å²) in [6, 6.07) is 4.46. The van der Waals surface area contributed by atoms with E-state index < -0.39 is 17.7 Å². The van der Waals surface area contributed by atoms with Gasteiger partial charge >= 0.3 is 12.1 Å². The van der Waals surface area contributed by atoms with Gasteiger partial charge in [0.2, 0.25) is 0 Å². The zero-order valence-electron chi connectivity index (χ0n) is 11.9. The fourth-order valence-corrected chi connectivity index (χ4v) is 1.44. The van der Waals surface area contributed by atoms with E-state index in [0.29, 0.717) is 0 Å². The Balaban J connectivity index is 2.70. The highest BCUT2D eigenvalue weighted by molar-refractivity contribution is 5.97. The van der Waals surface area contributed by atoms with Crippen LogP contribution in [-0.2, 0) is 15.7 Å². The van der Waals surface area contributed by atoms with Crippen LogP contribution in [0.15, 0.2) is 41.5 Å². The summed E-state index contributed by atoms with van der Waals surface area (Å²) in [5.74, 6) is -0.717. The van der Waals surface area contributed by atoms with Crippen molar-refractivity contribution in [3.8, 4) is 0 Å². The van der Waals surface area contributed by atoms with Gasteiger partial charge in [0.1, 0.15) is 0 Å². The van der Waals surface area contributed by atoms with Crippen molar-refractivity contribution in [3.63, 3.8) is 0 Å². The van der Waals surface area contributed by atoms with E-state index in [4.69, 9.17) is 10.5 Å². The molecule has 1 aromatic rings. The average molecular weight is 315 g/mol. The third kappa shape index (κ3) is 5.12. The summed E-state index contributed by atoms with van der Waals surface area (Å²) in [7, 11) is 0. The Morgan fingerprint density at radius 1 is 1.45 bits per heavy atom. The molecule has 0 saturated carbocycles. The number of carbonyl (C=O) groups is 1. The SMILES string of the molecule is C=C(CN/N=C(\N)c1cccc(C(F)(F)F)c1)C(=O)OCC. The molecule has 5 nitrogen and oxygen atoms in total. The molecular weight excluding hydrogens is 299 g/mol. The lowest BCUT2D eigenvalue weighted by Crippen LogP contribution is -2.23. The van der Waals surface area contributed by atoms with E-state index >= 15 is 0 Å². The second-order valence-electron chi connectivity index (χ2n) is 4.23.